The fraction of sp³-hybridized carbons (Fsp3) is 0.500. The number of amides is 1. The standard InChI is InChI=1S/C14H16FNO3/c15-10-3-4-12-9(6-10)7-13(19-12)14(18)16-5-1-2-11(16)8-17/h3-4,6,11,13,17H,1-2,5,7-8H2/t11-,13?/m1/s1. The van der Waals surface area contributed by atoms with Gasteiger partial charge in [-0.25, -0.2) is 4.39 Å². The lowest BCUT2D eigenvalue weighted by Gasteiger charge is -2.25. The van der Waals surface area contributed by atoms with Crippen LogP contribution in [0.5, 0.6) is 5.75 Å². The van der Waals surface area contributed by atoms with E-state index < -0.39 is 6.10 Å². The van der Waals surface area contributed by atoms with Crippen LogP contribution in [0.4, 0.5) is 4.39 Å². The zero-order valence-electron chi connectivity index (χ0n) is 10.5. The van der Waals surface area contributed by atoms with Gasteiger partial charge in [0.1, 0.15) is 11.6 Å². The normalized spacial score (nSPS) is 25.3. The van der Waals surface area contributed by atoms with E-state index in [4.69, 9.17) is 4.74 Å². The molecule has 0 bridgehead atoms. The van der Waals surface area contributed by atoms with E-state index in [9.17, 15) is 14.3 Å². The number of hydrogen-bond acceptors (Lipinski definition) is 3. The molecular formula is C14H16FNO3. The van der Waals surface area contributed by atoms with Crippen LogP contribution in [-0.4, -0.2) is 41.2 Å². The van der Waals surface area contributed by atoms with E-state index >= 15 is 0 Å². The van der Waals surface area contributed by atoms with E-state index in [1.54, 1.807) is 11.0 Å². The first kappa shape index (κ1) is 12.4. The van der Waals surface area contributed by atoms with Gasteiger partial charge in [0, 0.05) is 18.5 Å². The van der Waals surface area contributed by atoms with E-state index in [2.05, 4.69) is 0 Å². The van der Waals surface area contributed by atoms with Crippen LogP contribution in [0.1, 0.15) is 18.4 Å². The minimum atomic E-state index is -0.580. The van der Waals surface area contributed by atoms with Gasteiger partial charge in [0.2, 0.25) is 0 Å². The summed E-state index contributed by atoms with van der Waals surface area (Å²) in [5, 5.41) is 9.25. The van der Waals surface area contributed by atoms with Crippen molar-refractivity contribution in [2.24, 2.45) is 0 Å². The summed E-state index contributed by atoms with van der Waals surface area (Å²) in [5.74, 6) is 0.164. The van der Waals surface area contributed by atoms with Crippen LogP contribution in [0.25, 0.3) is 0 Å². The van der Waals surface area contributed by atoms with Crippen molar-refractivity contribution in [2.75, 3.05) is 13.2 Å². The first-order valence-corrected chi connectivity index (χ1v) is 6.55. The molecule has 0 aromatic heterocycles. The number of halogens is 1. The maximum Gasteiger partial charge on any atom is 0.264 e. The predicted octanol–water partition coefficient (Wildman–Crippen LogP) is 1.11. The number of carbonyl (C=O) groups is 1. The van der Waals surface area contributed by atoms with Crippen LogP contribution >= 0.6 is 0 Å². The minimum Gasteiger partial charge on any atom is -0.480 e. The molecule has 0 saturated carbocycles. The average molecular weight is 265 g/mol. The lowest BCUT2D eigenvalue weighted by atomic mass is 10.1. The maximum absolute atomic E-state index is 13.1. The summed E-state index contributed by atoms with van der Waals surface area (Å²) in [4.78, 5) is 14.1. The quantitative estimate of drug-likeness (QED) is 0.871. The largest absolute Gasteiger partial charge is 0.480 e. The third-order valence-corrected chi connectivity index (χ3v) is 3.84. The zero-order chi connectivity index (χ0) is 13.4. The van der Waals surface area contributed by atoms with Crippen molar-refractivity contribution < 1.29 is 19.0 Å². The molecule has 0 spiro atoms. The molecule has 1 N–H and O–H groups in total. The van der Waals surface area contributed by atoms with Gasteiger partial charge in [-0.1, -0.05) is 0 Å². The molecule has 2 heterocycles. The van der Waals surface area contributed by atoms with Gasteiger partial charge in [0.15, 0.2) is 6.10 Å². The minimum absolute atomic E-state index is 0.0139. The van der Waals surface area contributed by atoms with Crippen LogP contribution in [0.2, 0.25) is 0 Å². The number of hydrogen-bond donors (Lipinski definition) is 1. The third-order valence-electron chi connectivity index (χ3n) is 3.84. The van der Waals surface area contributed by atoms with Gasteiger partial charge in [-0.05, 0) is 31.0 Å². The Balaban J connectivity index is 1.74. The molecule has 2 aliphatic heterocycles. The van der Waals surface area contributed by atoms with Gasteiger partial charge >= 0.3 is 0 Å². The van der Waals surface area contributed by atoms with Crippen molar-refractivity contribution in [1.29, 1.82) is 0 Å². The highest BCUT2D eigenvalue weighted by atomic mass is 19.1. The first-order valence-electron chi connectivity index (χ1n) is 6.55. The van der Waals surface area contributed by atoms with Crippen molar-refractivity contribution >= 4 is 5.91 Å². The van der Waals surface area contributed by atoms with E-state index in [1.807, 2.05) is 0 Å². The predicted molar refractivity (Wildman–Crippen MR) is 66.3 cm³/mol. The second kappa shape index (κ2) is 4.81. The zero-order valence-corrected chi connectivity index (χ0v) is 10.5. The molecule has 1 aromatic carbocycles. The lowest BCUT2D eigenvalue weighted by molar-refractivity contribution is -0.139. The highest BCUT2D eigenvalue weighted by Gasteiger charge is 2.37. The summed E-state index contributed by atoms with van der Waals surface area (Å²) in [7, 11) is 0. The summed E-state index contributed by atoms with van der Waals surface area (Å²) < 4.78 is 18.7. The monoisotopic (exact) mass is 265 g/mol. The van der Waals surface area contributed by atoms with Crippen LogP contribution < -0.4 is 4.74 Å². The number of nitrogens with zero attached hydrogens (tertiary/aromatic N) is 1. The van der Waals surface area contributed by atoms with E-state index in [-0.39, 0.29) is 24.4 Å². The molecular weight excluding hydrogens is 249 g/mol. The summed E-state index contributed by atoms with van der Waals surface area (Å²) in [6.45, 7) is 0.647. The third kappa shape index (κ3) is 2.18. The number of fused-ring (bicyclic) bond motifs is 1. The first-order chi connectivity index (χ1) is 9.19. The Morgan fingerprint density at radius 1 is 1.53 bits per heavy atom. The highest BCUT2D eigenvalue weighted by molar-refractivity contribution is 5.83. The number of ether oxygens (including phenoxy) is 1. The maximum atomic E-state index is 13.1. The Labute approximate surface area is 110 Å². The number of aliphatic hydroxyl groups is 1. The van der Waals surface area contributed by atoms with E-state index in [0.29, 0.717) is 18.7 Å². The molecule has 2 aliphatic rings. The summed E-state index contributed by atoms with van der Waals surface area (Å²) in [6.07, 6.45) is 1.56. The van der Waals surface area contributed by atoms with E-state index in [0.717, 1.165) is 18.4 Å². The van der Waals surface area contributed by atoms with Crippen molar-refractivity contribution in [2.45, 2.75) is 31.4 Å². The van der Waals surface area contributed by atoms with E-state index in [1.165, 1.54) is 12.1 Å². The van der Waals surface area contributed by atoms with Crippen molar-refractivity contribution in [3.8, 4) is 5.75 Å². The van der Waals surface area contributed by atoms with Gasteiger partial charge in [-0.3, -0.25) is 4.79 Å². The number of rotatable bonds is 2. The average Bonchev–Trinajstić information content (AvgIpc) is 3.03. The molecule has 1 fully saturated rings. The Kier molecular flexibility index (Phi) is 3.14. The van der Waals surface area contributed by atoms with Gasteiger partial charge in [-0.15, -0.1) is 0 Å². The summed E-state index contributed by atoms with van der Waals surface area (Å²) in [5.41, 5.74) is 0.734. The molecule has 0 aliphatic carbocycles. The van der Waals surface area contributed by atoms with Crippen LogP contribution in [0.3, 0.4) is 0 Å². The molecule has 3 rings (SSSR count). The molecule has 102 valence electrons. The number of carbonyl (C=O) groups excluding carboxylic acids is 1. The topological polar surface area (TPSA) is 49.8 Å². The van der Waals surface area contributed by atoms with Crippen molar-refractivity contribution in [1.82, 2.24) is 4.90 Å². The van der Waals surface area contributed by atoms with Crippen LogP contribution in [0.15, 0.2) is 18.2 Å². The molecule has 0 radical (unpaired) electrons. The SMILES string of the molecule is O=C(C1Cc2cc(F)ccc2O1)N1CCC[C@@H]1CO. The molecule has 1 saturated heterocycles. The molecule has 2 atom stereocenters. The van der Waals surface area contributed by atoms with Crippen molar-refractivity contribution in [3.05, 3.63) is 29.6 Å². The Morgan fingerprint density at radius 3 is 3.16 bits per heavy atom. The Hall–Kier alpha value is -1.62. The highest BCUT2D eigenvalue weighted by Crippen LogP contribution is 2.31. The fourth-order valence-electron chi connectivity index (χ4n) is 2.86. The van der Waals surface area contributed by atoms with Gasteiger partial charge < -0.3 is 14.7 Å². The fourth-order valence-corrected chi connectivity index (χ4v) is 2.86. The second-order valence-corrected chi connectivity index (χ2v) is 5.07. The van der Waals surface area contributed by atoms with Crippen molar-refractivity contribution in [3.63, 3.8) is 0 Å². The molecule has 1 amide bonds. The molecule has 19 heavy (non-hydrogen) atoms. The summed E-state index contributed by atoms with van der Waals surface area (Å²) >= 11 is 0. The molecule has 1 unspecified atom stereocenters. The Bertz CT molecular complexity index is 505. The summed E-state index contributed by atoms with van der Waals surface area (Å²) in [6, 6.07) is 4.20. The van der Waals surface area contributed by atoms with Crippen LogP contribution in [-0.2, 0) is 11.2 Å². The molecule has 5 heteroatoms. The van der Waals surface area contributed by atoms with Gasteiger partial charge in [0.25, 0.3) is 5.91 Å². The molecule has 4 nitrogen and oxygen atoms in total. The van der Waals surface area contributed by atoms with Crippen LogP contribution in [0, 0.1) is 5.82 Å². The smallest absolute Gasteiger partial charge is 0.264 e. The number of likely N-dealkylation sites (tertiary alicyclic amines) is 1. The lowest BCUT2D eigenvalue weighted by Crippen LogP contribution is -2.45. The number of aliphatic hydroxyl groups excluding tert-OH is 1. The second-order valence-electron chi connectivity index (χ2n) is 5.07. The number of benzene rings is 1. The molecule has 1 aromatic rings. The van der Waals surface area contributed by atoms with Gasteiger partial charge in [-0.2, -0.15) is 0 Å². The Morgan fingerprint density at radius 2 is 2.37 bits per heavy atom. The van der Waals surface area contributed by atoms with Gasteiger partial charge in [0.05, 0.1) is 12.6 Å².